The van der Waals surface area contributed by atoms with Crippen molar-refractivity contribution >= 4 is 17.3 Å². The van der Waals surface area contributed by atoms with E-state index in [9.17, 15) is 0 Å². The summed E-state index contributed by atoms with van der Waals surface area (Å²) in [6.07, 6.45) is 4.72. The predicted molar refractivity (Wildman–Crippen MR) is 45.4 cm³/mol. The molecule has 1 aromatic rings. The topological polar surface area (TPSA) is 35.0 Å². The number of thiocarbonyl (C=S) groups is 1. The Labute approximate surface area is 70.4 Å². The Morgan fingerprint density at radius 1 is 1.55 bits per heavy atom. The molecular weight excluding hydrogens is 160 g/mol. The van der Waals surface area contributed by atoms with Crippen LogP contribution in [0.3, 0.4) is 0 Å². The van der Waals surface area contributed by atoms with Crippen molar-refractivity contribution in [1.82, 2.24) is 9.97 Å². The largest absolute Gasteiger partial charge is 0.483 e. The van der Waals surface area contributed by atoms with E-state index in [-0.39, 0.29) is 0 Å². The molecule has 0 aliphatic heterocycles. The SMILES string of the molecule is CCOC(=S)c1cncnc1. The molecule has 4 heteroatoms. The molecule has 0 aliphatic carbocycles. The molecule has 0 aromatic carbocycles. The van der Waals surface area contributed by atoms with Gasteiger partial charge in [-0.25, -0.2) is 9.97 Å². The summed E-state index contributed by atoms with van der Waals surface area (Å²) in [6, 6.07) is 0. The maximum atomic E-state index is 5.08. The monoisotopic (exact) mass is 168 g/mol. The van der Waals surface area contributed by atoms with E-state index in [0.717, 1.165) is 5.56 Å². The van der Waals surface area contributed by atoms with Crippen molar-refractivity contribution in [3.8, 4) is 0 Å². The normalized spacial score (nSPS) is 9.18. The first-order valence-electron chi connectivity index (χ1n) is 3.26. The van der Waals surface area contributed by atoms with Crippen LogP contribution in [0.2, 0.25) is 0 Å². The fourth-order valence-corrected chi connectivity index (χ4v) is 0.842. The summed E-state index contributed by atoms with van der Waals surface area (Å²) < 4.78 is 5.08. The zero-order valence-electron chi connectivity index (χ0n) is 6.15. The second-order valence-electron chi connectivity index (χ2n) is 1.85. The molecule has 0 aliphatic rings. The number of aromatic nitrogens is 2. The van der Waals surface area contributed by atoms with Crippen LogP contribution < -0.4 is 0 Å². The van der Waals surface area contributed by atoms with E-state index in [1.54, 1.807) is 12.4 Å². The molecule has 0 radical (unpaired) electrons. The first-order chi connectivity index (χ1) is 5.34. The molecule has 0 spiro atoms. The Hall–Kier alpha value is -1.03. The van der Waals surface area contributed by atoms with Gasteiger partial charge in [-0.1, -0.05) is 0 Å². The van der Waals surface area contributed by atoms with Crippen molar-refractivity contribution in [3.63, 3.8) is 0 Å². The van der Waals surface area contributed by atoms with Gasteiger partial charge in [0, 0.05) is 12.4 Å². The van der Waals surface area contributed by atoms with Crippen molar-refractivity contribution in [2.75, 3.05) is 6.61 Å². The van der Waals surface area contributed by atoms with Crippen LogP contribution in [-0.4, -0.2) is 21.6 Å². The smallest absolute Gasteiger partial charge is 0.194 e. The highest BCUT2D eigenvalue weighted by atomic mass is 32.1. The number of rotatable bonds is 2. The minimum atomic E-state index is 0.452. The lowest BCUT2D eigenvalue weighted by Gasteiger charge is -2.01. The third-order valence-electron chi connectivity index (χ3n) is 1.07. The lowest BCUT2D eigenvalue weighted by Crippen LogP contribution is -2.03. The first kappa shape index (κ1) is 8.07. The van der Waals surface area contributed by atoms with Gasteiger partial charge in [-0.2, -0.15) is 0 Å². The number of hydrogen-bond acceptors (Lipinski definition) is 4. The van der Waals surface area contributed by atoms with Gasteiger partial charge >= 0.3 is 0 Å². The summed E-state index contributed by atoms with van der Waals surface area (Å²) in [4.78, 5) is 7.62. The number of hydrogen-bond donors (Lipinski definition) is 0. The standard InChI is InChI=1S/C7H8N2OS/c1-2-10-7(11)6-3-8-5-9-4-6/h3-5H,2H2,1H3. The highest BCUT2D eigenvalue weighted by Gasteiger charge is 1.99. The highest BCUT2D eigenvalue weighted by Crippen LogP contribution is 1.97. The second-order valence-corrected chi connectivity index (χ2v) is 2.22. The van der Waals surface area contributed by atoms with Gasteiger partial charge in [0.2, 0.25) is 0 Å². The Kier molecular flexibility index (Phi) is 2.92. The Balaban J connectivity index is 2.69. The van der Waals surface area contributed by atoms with E-state index < -0.39 is 0 Å². The quantitative estimate of drug-likeness (QED) is 0.621. The van der Waals surface area contributed by atoms with E-state index in [4.69, 9.17) is 17.0 Å². The van der Waals surface area contributed by atoms with Crippen LogP contribution in [0, 0.1) is 0 Å². The Bertz CT molecular complexity index is 237. The fraction of sp³-hybridized carbons (Fsp3) is 0.286. The zero-order chi connectivity index (χ0) is 8.10. The number of nitrogens with zero attached hydrogens (tertiary/aromatic N) is 2. The molecule has 3 nitrogen and oxygen atoms in total. The van der Waals surface area contributed by atoms with Crippen LogP contribution in [-0.2, 0) is 4.74 Å². The summed E-state index contributed by atoms with van der Waals surface area (Å²) in [6.45, 7) is 2.46. The summed E-state index contributed by atoms with van der Waals surface area (Å²) in [5.74, 6) is 0. The van der Waals surface area contributed by atoms with Crippen molar-refractivity contribution in [3.05, 3.63) is 24.3 Å². The summed E-state index contributed by atoms with van der Waals surface area (Å²) >= 11 is 4.92. The molecular formula is C7H8N2OS. The maximum absolute atomic E-state index is 5.08. The van der Waals surface area contributed by atoms with Crippen molar-refractivity contribution in [2.24, 2.45) is 0 Å². The van der Waals surface area contributed by atoms with Gasteiger partial charge in [-0.05, 0) is 19.1 Å². The van der Waals surface area contributed by atoms with E-state index >= 15 is 0 Å². The first-order valence-corrected chi connectivity index (χ1v) is 3.67. The number of ether oxygens (including phenoxy) is 1. The zero-order valence-corrected chi connectivity index (χ0v) is 6.97. The molecule has 0 bridgehead atoms. The van der Waals surface area contributed by atoms with Crippen LogP contribution in [0.1, 0.15) is 12.5 Å². The Morgan fingerprint density at radius 3 is 2.73 bits per heavy atom. The van der Waals surface area contributed by atoms with Crippen LogP contribution in [0.4, 0.5) is 0 Å². The van der Waals surface area contributed by atoms with Gasteiger partial charge in [0.05, 0.1) is 12.2 Å². The molecule has 0 N–H and O–H groups in total. The third kappa shape index (κ3) is 2.23. The lowest BCUT2D eigenvalue weighted by molar-refractivity contribution is 0.337. The summed E-state index contributed by atoms with van der Waals surface area (Å²) in [7, 11) is 0. The molecule has 0 unspecified atom stereocenters. The van der Waals surface area contributed by atoms with Gasteiger partial charge in [-0.3, -0.25) is 0 Å². The van der Waals surface area contributed by atoms with Crippen LogP contribution in [0.15, 0.2) is 18.7 Å². The van der Waals surface area contributed by atoms with E-state index in [2.05, 4.69) is 9.97 Å². The predicted octanol–water partition coefficient (Wildman–Crippen LogP) is 1.19. The van der Waals surface area contributed by atoms with Crippen LogP contribution in [0.5, 0.6) is 0 Å². The molecule has 0 fully saturated rings. The van der Waals surface area contributed by atoms with Gasteiger partial charge in [0.15, 0.2) is 5.05 Å². The molecule has 0 amide bonds. The average molecular weight is 168 g/mol. The molecule has 1 aromatic heterocycles. The fourth-order valence-electron chi connectivity index (χ4n) is 0.619. The van der Waals surface area contributed by atoms with E-state index in [0.29, 0.717) is 11.7 Å². The molecule has 58 valence electrons. The lowest BCUT2D eigenvalue weighted by atomic mass is 10.4. The summed E-state index contributed by atoms with van der Waals surface area (Å²) in [5, 5.41) is 0.452. The van der Waals surface area contributed by atoms with Gasteiger partial charge in [0.25, 0.3) is 0 Å². The molecule has 0 saturated heterocycles. The average Bonchev–Trinajstić information content (AvgIpc) is 2.07. The van der Waals surface area contributed by atoms with Crippen LogP contribution >= 0.6 is 12.2 Å². The molecule has 0 saturated carbocycles. The van der Waals surface area contributed by atoms with Crippen molar-refractivity contribution in [1.29, 1.82) is 0 Å². The maximum Gasteiger partial charge on any atom is 0.194 e. The molecule has 1 heterocycles. The third-order valence-corrected chi connectivity index (χ3v) is 1.43. The molecule has 0 atom stereocenters. The highest BCUT2D eigenvalue weighted by molar-refractivity contribution is 7.80. The van der Waals surface area contributed by atoms with Crippen molar-refractivity contribution < 1.29 is 4.74 Å². The van der Waals surface area contributed by atoms with E-state index in [1.165, 1.54) is 6.33 Å². The minimum absolute atomic E-state index is 0.452. The second kappa shape index (κ2) is 3.98. The van der Waals surface area contributed by atoms with Gasteiger partial charge in [0.1, 0.15) is 6.33 Å². The van der Waals surface area contributed by atoms with Crippen molar-refractivity contribution in [2.45, 2.75) is 6.92 Å². The summed E-state index contributed by atoms with van der Waals surface area (Å²) in [5.41, 5.74) is 0.754. The molecule has 11 heavy (non-hydrogen) atoms. The Morgan fingerprint density at radius 2 is 2.18 bits per heavy atom. The molecule has 1 rings (SSSR count). The van der Waals surface area contributed by atoms with Gasteiger partial charge in [-0.15, -0.1) is 0 Å². The van der Waals surface area contributed by atoms with Crippen LogP contribution in [0.25, 0.3) is 0 Å². The minimum Gasteiger partial charge on any atom is -0.483 e. The van der Waals surface area contributed by atoms with E-state index in [1.807, 2.05) is 6.92 Å². The van der Waals surface area contributed by atoms with Gasteiger partial charge < -0.3 is 4.74 Å².